The lowest BCUT2D eigenvalue weighted by Crippen LogP contribution is -2.17. The summed E-state index contributed by atoms with van der Waals surface area (Å²) in [7, 11) is 1.61. The van der Waals surface area contributed by atoms with Crippen molar-refractivity contribution in [2.45, 2.75) is 19.5 Å². The summed E-state index contributed by atoms with van der Waals surface area (Å²) in [4.78, 5) is 11.9. The van der Waals surface area contributed by atoms with Crippen molar-refractivity contribution in [2.75, 3.05) is 12.4 Å². The molecule has 1 unspecified atom stereocenters. The lowest BCUT2D eigenvalue weighted by atomic mass is 10.2. The number of anilines is 1. The van der Waals surface area contributed by atoms with Crippen LogP contribution in [0.25, 0.3) is 0 Å². The Morgan fingerprint density at radius 3 is 2.60 bits per heavy atom. The van der Waals surface area contributed by atoms with Crippen LogP contribution in [0, 0.1) is 0 Å². The average Bonchev–Trinajstić information content (AvgIpc) is 2.88. The van der Waals surface area contributed by atoms with Gasteiger partial charge < -0.3 is 20.4 Å². The van der Waals surface area contributed by atoms with Crippen LogP contribution >= 0.6 is 0 Å². The third kappa shape index (κ3) is 3.61. The number of carbonyl (C=O) groups is 1. The largest absolute Gasteiger partial charge is 0.497 e. The lowest BCUT2D eigenvalue weighted by molar-refractivity contribution is -0.116. The Morgan fingerprint density at radius 2 is 2.05 bits per heavy atom. The van der Waals surface area contributed by atoms with E-state index in [9.17, 15) is 4.79 Å². The van der Waals surface area contributed by atoms with Gasteiger partial charge in [-0.05, 0) is 42.8 Å². The van der Waals surface area contributed by atoms with E-state index in [1.807, 2.05) is 30.0 Å². The number of benzene rings is 1. The Bertz CT molecular complexity index is 573. The smallest absolute Gasteiger partial charge is 0.244 e. The summed E-state index contributed by atoms with van der Waals surface area (Å²) in [6.07, 6.45) is 3.74. The monoisotopic (exact) mass is 273 g/mol. The zero-order chi connectivity index (χ0) is 14.5. The third-order valence-electron chi connectivity index (χ3n) is 3.00. The van der Waals surface area contributed by atoms with Gasteiger partial charge in [-0.1, -0.05) is 0 Å². The predicted molar refractivity (Wildman–Crippen MR) is 78.7 cm³/mol. The molecule has 0 saturated heterocycles. The van der Waals surface area contributed by atoms with Crippen LogP contribution in [-0.4, -0.2) is 17.6 Å². The Morgan fingerprint density at radius 1 is 1.35 bits per heavy atom. The standard InChI is InChI=1S/C15H19N3O2/c1-11(16)12-7-8-18(9-12)10-15(19)17-13-3-5-14(20-2)6-4-13/h3-9,11H,10,16H2,1-2H3,(H,17,19). The lowest BCUT2D eigenvalue weighted by Gasteiger charge is -2.07. The number of hydrogen-bond donors (Lipinski definition) is 2. The van der Waals surface area contributed by atoms with Gasteiger partial charge in [0.05, 0.1) is 7.11 Å². The molecular formula is C15H19N3O2. The number of amides is 1. The van der Waals surface area contributed by atoms with Crippen molar-refractivity contribution in [3.63, 3.8) is 0 Å². The average molecular weight is 273 g/mol. The van der Waals surface area contributed by atoms with Crippen LogP contribution in [0.3, 0.4) is 0 Å². The molecule has 0 bridgehead atoms. The van der Waals surface area contributed by atoms with E-state index in [0.29, 0.717) is 0 Å². The van der Waals surface area contributed by atoms with E-state index in [0.717, 1.165) is 17.0 Å². The van der Waals surface area contributed by atoms with E-state index in [1.54, 1.807) is 31.4 Å². The zero-order valence-electron chi connectivity index (χ0n) is 11.7. The molecule has 2 aromatic rings. The molecule has 0 spiro atoms. The van der Waals surface area contributed by atoms with Gasteiger partial charge in [0, 0.05) is 24.1 Å². The number of nitrogens with two attached hydrogens (primary N) is 1. The van der Waals surface area contributed by atoms with Gasteiger partial charge in [-0.2, -0.15) is 0 Å². The highest BCUT2D eigenvalue weighted by molar-refractivity contribution is 5.90. The van der Waals surface area contributed by atoms with E-state index in [4.69, 9.17) is 10.5 Å². The van der Waals surface area contributed by atoms with Crippen LogP contribution in [0.5, 0.6) is 5.75 Å². The molecule has 20 heavy (non-hydrogen) atoms. The van der Waals surface area contributed by atoms with E-state index < -0.39 is 0 Å². The van der Waals surface area contributed by atoms with Crippen LogP contribution in [0.15, 0.2) is 42.7 Å². The molecule has 106 valence electrons. The Balaban J connectivity index is 1.93. The van der Waals surface area contributed by atoms with Gasteiger partial charge in [-0.3, -0.25) is 4.79 Å². The van der Waals surface area contributed by atoms with Gasteiger partial charge in [0.2, 0.25) is 5.91 Å². The molecule has 1 atom stereocenters. The molecular weight excluding hydrogens is 254 g/mol. The fraction of sp³-hybridized carbons (Fsp3) is 0.267. The number of nitrogens with one attached hydrogen (secondary N) is 1. The fourth-order valence-corrected chi connectivity index (χ4v) is 1.87. The number of aromatic nitrogens is 1. The van der Waals surface area contributed by atoms with Crippen molar-refractivity contribution in [3.05, 3.63) is 48.3 Å². The van der Waals surface area contributed by atoms with E-state index in [2.05, 4.69) is 5.32 Å². The summed E-state index contributed by atoms with van der Waals surface area (Å²) < 4.78 is 6.88. The van der Waals surface area contributed by atoms with Crippen molar-refractivity contribution in [1.82, 2.24) is 4.57 Å². The number of methoxy groups -OCH3 is 1. The molecule has 0 aliphatic carbocycles. The summed E-state index contributed by atoms with van der Waals surface area (Å²) in [6, 6.07) is 9.12. The fourth-order valence-electron chi connectivity index (χ4n) is 1.87. The van der Waals surface area contributed by atoms with Gasteiger partial charge in [-0.15, -0.1) is 0 Å². The van der Waals surface area contributed by atoms with Gasteiger partial charge >= 0.3 is 0 Å². The van der Waals surface area contributed by atoms with E-state index >= 15 is 0 Å². The predicted octanol–water partition coefficient (Wildman–Crippen LogP) is 2.16. The Kier molecular flexibility index (Phi) is 4.42. The topological polar surface area (TPSA) is 69.3 Å². The molecule has 1 heterocycles. The van der Waals surface area contributed by atoms with Crippen molar-refractivity contribution >= 4 is 11.6 Å². The van der Waals surface area contributed by atoms with Gasteiger partial charge in [0.25, 0.3) is 0 Å². The first-order valence-electron chi connectivity index (χ1n) is 6.43. The Labute approximate surface area is 118 Å². The first-order chi connectivity index (χ1) is 9.58. The van der Waals surface area contributed by atoms with Crippen LogP contribution in [0.4, 0.5) is 5.69 Å². The van der Waals surface area contributed by atoms with E-state index in [-0.39, 0.29) is 18.5 Å². The molecule has 1 aromatic heterocycles. The van der Waals surface area contributed by atoms with Crippen LogP contribution in [0.1, 0.15) is 18.5 Å². The summed E-state index contributed by atoms with van der Waals surface area (Å²) >= 11 is 0. The molecule has 0 saturated carbocycles. The maximum absolute atomic E-state index is 11.9. The maximum atomic E-state index is 11.9. The SMILES string of the molecule is COc1ccc(NC(=O)Cn2ccc(C(C)N)c2)cc1. The molecule has 3 N–H and O–H groups in total. The molecule has 1 amide bonds. The number of rotatable bonds is 5. The summed E-state index contributed by atoms with van der Waals surface area (Å²) in [6.45, 7) is 2.18. The number of nitrogens with zero attached hydrogens (tertiary/aromatic N) is 1. The van der Waals surface area contributed by atoms with Crippen molar-refractivity contribution < 1.29 is 9.53 Å². The van der Waals surface area contributed by atoms with Gasteiger partial charge in [0.1, 0.15) is 12.3 Å². The minimum Gasteiger partial charge on any atom is -0.497 e. The van der Waals surface area contributed by atoms with Crippen LogP contribution in [0.2, 0.25) is 0 Å². The molecule has 2 rings (SSSR count). The second kappa shape index (κ2) is 6.25. The molecule has 0 aliphatic rings. The van der Waals surface area contributed by atoms with Crippen LogP contribution < -0.4 is 15.8 Å². The first kappa shape index (κ1) is 14.1. The summed E-state index contributed by atoms with van der Waals surface area (Å²) in [5, 5.41) is 2.83. The van der Waals surface area contributed by atoms with Crippen LogP contribution in [-0.2, 0) is 11.3 Å². The number of hydrogen-bond acceptors (Lipinski definition) is 3. The molecule has 5 heteroatoms. The Hall–Kier alpha value is -2.27. The summed E-state index contributed by atoms with van der Waals surface area (Å²) in [5.41, 5.74) is 7.54. The second-order valence-electron chi connectivity index (χ2n) is 4.68. The molecule has 0 fully saturated rings. The van der Waals surface area contributed by atoms with Gasteiger partial charge in [-0.25, -0.2) is 0 Å². The minimum absolute atomic E-state index is 0.0269. The normalized spacial score (nSPS) is 11.9. The molecule has 1 aromatic carbocycles. The number of carbonyl (C=O) groups excluding carboxylic acids is 1. The first-order valence-corrected chi connectivity index (χ1v) is 6.43. The highest BCUT2D eigenvalue weighted by Crippen LogP contribution is 2.15. The molecule has 0 radical (unpaired) electrons. The zero-order valence-corrected chi connectivity index (χ0v) is 11.7. The number of ether oxygens (including phenoxy) is 1. The van der Waals surface area contributed by atoms with E-state index in [1.165, 1.54) is 0 Å². The highest BCUT2D eigenvalue weighted by Gasteiger charge is 2.06. The summed E-state index contributed by atoms with van der Waals surface area (Å²) in [5.74, 6) is 0.678. The maximum Gasteiger partial charge on any atom is 0.244 e. The highest BCUT2D eigenvalue weighted by atomic mass is 16.5. The minimum atomic E-state index is -0.0815. The third-order valence-corrected chi connectivity index (χ3v) is 3.00. The van der Waals surface area contributed by atoms with Crippen molar-refractivity contribution in [3.8, 4) is 5.75 Å². The second-order valence-corrected chi connectivity index (χ2v) is 4.68. The van der Waals surface area contributed by atoms with Crippen molar-refractivity contribution in [2.24, 2.45) is 5.73 Å². The quantitative estimate of drug-likeness (QED) is 0.877. The van der Waals surface area contributed by atoms with Crippen molar-refractivity contribution in [1.29, 1.82) is 0 Å². The van der Waals surface area contributed by atoms with Gasteiger partial charge in [0.15, 0.2) is 0 Å². The molecule has 5 nitrogen and oxygen atoms in total. The molecule has 0 aliphatic heterocycles.